The van der Waals surface area contributed by atoms with E-state index >= 15 is 0 Å². The molecular weight excluding hydrogens is 314 g/mol. The number of esters is 1. The van der Waals surface area contributed by atoms with Crippen molar-refractivity contribution < 1.29 is 32.6 Å². The Balaban J connectivity index is 1.86. The first-order chi connectivity index (χ1) is 10.9. The normalized spacial score (nSPS) is 18.1. The molecule has 0 saturated carbocycles. The zero-order valence-electron chi connectivity index (χ0n) is 12.0. The number of carbonyl (C=O) groups excluding carboxylic acids is 2. The SMILES string of the molecule is CCOC(=O)CC1=NN(c2cccc3c2OC(F)(F)O3)C(=O)C1. The standard InChI is InChI=1S/C14H12F2N2O5/c1-2-21-12(20)7-8-6-11(19)18(17-8)9-4-3-5-10-13(9)23-14(15,16)22-10/h3-5H,2,6-7H2,1H3. The first-order valence-corrected chi connectivity index (χ1v) is 6.83. The maximum atomic E-state index is 13.2. The number of nitrogens with zero attached hydrogens (tertiary/aromatic N) is 2. The van der Waals surface area contributed by atoms with E-state index in [0.29, 0.717) is 0 Å². The highest BCUT2D eigenvalue weighted by molar-refractivity contribution is 6.17. The van der Waals surface area contributed by atoms with Crippen molar-refractivity contribution in [2.45, 2.75) is 26.1 Å². The van der Waals surface area contributed by atoms with E-state index in [1.54, 1.807) is 6.92 Å². The van der Waals surface area contributed by atoms with E-state index in [-0.39, 0.29) is 42.3 Å². The number of hydrogen-bond acceptors (Lipinski definition) is 6. The summed E-state index contributed by atoms with van der Waals surface area (Å²) in [6.45, 7) is 1.88. The second-order valence-corrected chi connectivity index (χ2v) is 4.80. The molecule has 0 N–H and O–H groups in total. The molecule has 122 valence electrons. The van der Waals surface area contributed by atoms with Crippen LogP contribution in [0.25, 0.3) is 0 Å². The van der Waals surface area contributed by atoms with Crippen LogP contribution in [0.4, 0.5) is 14.5 Å². The molecule has 0 spiro atoms. The van der Waals surface area contributed by atoms with Crippen LogP contribution in [0.1, 0.15) is 19.8 Å². The maximum absolute atomic E-state index is 13.2. The van der Waals surface area contributed by atoms with Gasteiger partial charge in [0.15, 0.2) is 11.5 Å². The van der Waals surface area contributed by atoms with Crippen molar-refractivity contribution in [1.29, 1.82) is 0 Å². The van der Waals surface area contributed by atoms with Crippen LogP contribution in [-0.4, -0.2) is 30.5 Å². The summed E-state index contributed by atoms with van der Waals surface area (Å²) in [4.78, 5) is 23.5. The number of hydrogen-bond donors (Lipinski definition) is 0. The summed E-state index contributed by atoms with van der Waals surface area (Å²) in [7, 11) is 0. The lowest BCUT2D eigenvalue weighted by Crippen LogP contribution is -2.26. The Morgan fingerprint density at radius 3 is 2.96 bits per heavy atom. The van der Waals surface area contributed by atoms with Gasteiger partial charge in [-0.25, -0.2) is 0 Å². The Kier molecular flexibility index (Phi) is 3.63. The molecule has 3 rings (SSSR count). The number of rotatable bonds is 4. The fraction of sp³-hybridized carbons (Fsp3) is 0.357. The molecular formula is C14H12F2N2O5. The van der Waals surface area contributed by atoms with E-state index in [1.807, 2.05) is 0 Å². The van der Waals surface area contributed by atoms with Gasteiger partial charge in [0.1, 0.15) is 5.69 Å². The smallest absolute Gasteiger partial charge is 0.466 e. The third-order valence-corrected chi connectivity index (χ3v) is 3.12. The van der Waals surface area contributed by atoms with E-state index in [4.69, 9.17) is 4.74 Å². The summed E-state index contributed by atoms with van der Waals surface area (Å²) in [5, 5.41) is 4.93. The van der Waals surface area contributed by atoms with Gasteiger partial charge in [-0.05, 0) is 19.1 Å². The third-order valence-electron chi connectivity index (χ3n) is 3.12. The summed E-state index contributed by atoms with van der Waals surface area (Å²) in [5.41, 5.74) is 0.320. The number of ether oxygens (including phenoxy) is 3. The topological polar surface area (TPSA) is 77.4 Å². The molecule has 7 nitrogen and oxygen atoms in total. The molecule has 1 aromatic carbocycles. The van der Waals surface area contributed by atoms with Crippen LogP contribution >= 0.6 is 0 Å². The molecule has 2 heterocycles. The van der Waals surface area contributed by atoms with Crippen molar-refractivity contribution in [3.63, 3.8) is 0 Å². The lowest BCUT2D eigenvalue weighted by molar-refractivity contribution is -0.286. The van der Waals surface area contributed by atoms with E-state index in [0.717, 1.165) is 5.01 Å². The summed E-state index contributed by atoms with van der Waals surface area (Å²) in [5.74, 6) is -1.43. The van der Waals surface area contributed by atoms with Crippen molar-refractivity contribution in [2.75, 3.05) is 11.6 Å². The van der Waals surface area contributed by atoms with Crippen LogP contribution in [0, 0.1) is 0 Å². The fourth-order valence-corrected chi connectivity index (χ4v) is 2.27. The lowest BCUT2D eigenvalue weighted by Gasteiger charge is -2.13. The predicted molar refractivity (Wildman–Crippen MR) is 73.4 cm³/mol. The quantitative estimate of drug-likeness (QED) is 0.792. The zero-order valence-corrected chi connectivity index (χ0v) is 12.0. The summed E-state index contributed by atoms with van der Waals surface area (Å²) >= 11 is 0. The number of para-hydroxylation sites is 1. The maximum Gasteiger partial charge on any atom is 0.586 e. The third kappa shape index (κ3) is 2.94. The van der Waals surface area contributed by atoms with Crippen molar-refractivity contribution in [3.05, 3.63) is 18.2 Å². The minimum atomic E-state index is -3.79. The molecule has 0 fully saturated rings. The van der Waals surface area contributed by atoms with Gasteiger partial charge >= 0.3 is 12.3 Å². The second kappa shape index (κ2) is 5.49. The molecule has 1 amide bonds. The number of benzene rings is 1. The average molecular weight is 326 g/mol. The van der Waals surface area contributed by atoms with E-state index < -0.39 is 18.2 Å². The number of alkyl halides is 2. The molecule has 0 aromatic heterocycles. The highest BCUT2D eigenvalue weighted by Crippen LogP contribution is 2.47. The minimum absolute atomic E-state index is 0.0310. The zero-order chi connectivity index (χ0) is 16.6. The van der Waals surface area contributed by atoms with Crippen LogP contribution in [0.3, 0.4) is 0 Å². The number of hydrazone groups is 1. The van der Waals surface area contributed by atoms with Crippen molar-refractivity contribution >= 4 is 23.3 Å². The Labute approximate surface area is 129 Å². The molecule has 0 unspecified atom stereocenters. The van der Waals surface area contributed by atoms with E-state index in [2.05, 4.69) is 14.6 Å². The van der Waals surface area contributed by atoms with Crippen molar-refractivity contribution in [1.82, 2.24) is 0 Å². The van der Waals surface area contributed by atoms with Crippen LogP contribution < -0.4 is 14.5 Å². The molecule has 2 aliphatic heterocycles. The van der Waals surface area contributed by atoms with Gasteiger partial charge in [-0.15, -0.1) is 8.78 Å². The van der Waals surface area contributed by atoms with E-state index in [9.17, 15) is 18.4 Å². The average Bonchev–Trinajstić information content (AvgIpc) is 2.96. The number of fused-ring (bicyclic) bond motifs is 1. The Bertz CT molecular complexity index is 704. The molecule has 2 aliphatic rings. The summed E-state index contributed by atoms with van der Waals surface area (Å²) in [6.07, 6.45) is -4.03. The molecule has 23 heavy (non-hydrogen) atoms. The highest BCUT2D eigenvalue weighted by atomic mass is 19.3. The minimum Gasteiger partial charge on any atom is -0.466 e. The molecule has 0 saturated heterocycles. The number of carbonyl (C=O) groups is 2. The molecule has 1 aromatic rings. The Hall–Kier alpha value is -2.71. The predicted octanol–water partition coefficient (Wildman–Crippen LogP) is 2.05. The van der Waals surface area contributed by atoms with Crippen LogP contribution in [0.5, 0.6) is 11.5 Å². The van der Waals surface area contributed by atoms with Gasteiger partial charge in [0.25, 0.3) is 5.91 Å². The first-order valence-electron chi connectivity index (χ1n) is 6.83. The van der Waals surface area contributed by atoms with Crippen molar-refractivity contribution in [2.24, 2.45) is 5.10 Å². The first kappa shape index (κ1) is 15.2. The van der Waals surface area contributed by atoms with Gasteiger partial charge in [-0.3, -0.25) is 9.59 Å². The van der Waals surface area contributed by atoms with Gasteiger partial charge in [-0.2, -0.15) is 10.1 Å². The molecule has 0 atom stereocenters. The highest BCUT2D eigenvalue weighted by Gasteiger charge is 2.46. The van der Waals surface area contributed by atoms with Crippen molar-refractivity contribution in [3.8, 4) is 11.5 Å². The molecule has 0 aliphatic carbocycles. The number of amides is 1. The van der Waals surface area contributed by atoms with Crippen LogP contribution in [0.15, 0.2) is 23.3 Å². The van der Waals surface area contributed by atoms with Gasteiger partial charge in [0.05, 0.1) is 25.2 Å². The fourth-order valence-electron chi connectivity index (χ4n) is 2.27. The monoisotopic (exact) mass is 326 g/mol. The van der Waals surface area contributed by atoms with Gasteiger partial charge in [-0.1, -0.05) is 6.07 Å². The molecule has 0 radical (unpaired) electrons. The Morgan fingerprint density at radius 1 is 1.43 bits per heavy atom. The van der Waals surface area contributed by atoms with Crippen LogP contribution in [-0.2, 0) is 14.3 Å². The summed E-state index contributed by atoms with van der Waals surface area (Å²) in [6, 6.07) is 4.13. The Morgan fingerprint density at radius 2 is 2.22 bits per heavy atom. The molecule has 0 bridgehead atoms. The second-order valence-electron chi connectivity index (χ2n) is 4.80. The number of halogens is 2. The lowest BCUT2D eigenvalue weighted by atomic mass is 10.2. The van der Waals surface area contributed by atoms with Gasteiger partial charge < -0.3 is 14.2 Å². The largest absolute Gasteiger partial charge is 0.586 e. The van der Waals surface area contributed by atoms with Gasteiger partial charge in [0.2, 0.25) is 0 Å². The van der Waals surface area contributed by atoms with Gasteiger partial charge in [0, 0.05) is 0 Å². The number of anilines is 1. The summed E-state index contributed by atoms with van der Waals surface area (Å²) < 4.78 is 39.9. The van der Waals surface area contributed by atoms with Crippen LogP contribution in [0.2, 0.25) is 0 Å². The van der Waals surface area contributed by atoms with E-state index in [1.165, 1.54) is 18.2 Å². The molecule has 9 heteroatoms.